The fourth-order valence-corrected chi connectivity index (χ4v) is 4.76. The number of nitrogens with one attached hydrogen (secondary N) is 1. The molecule has 0 unspecified atom stereocenters. The Balaban J connectivity index is 1.84. The minimum atomic E-state index is -3.88. The summed E-state index contributed by atoms with van der Waals surface area (Å²) in [7, 11) is -3.88. The maximum absolute atomic E-state index is 13.7. The first-order valence-electron chi connectivity index (χ1n) is 7.82. The van der Waals surface area contributed by atoms with Crippen LogP contribution in [0, 0.1) is 11.6 Å². The van der Waals surface area contributed by atoms with Gasteiger partial charge in [-0.2, -0.15) is 4.31 Å². The number of hydrogen-bond donors (Lipinski definition) is 1. The monoisotopic (exact) mass is 444 g/mol. The van der Waals surface area contributed by atoms with Gasteiger partial charge in [0, 0.05) is 17.1 Å². The molecule has 2 aromatic carbocycles. The Morgan fingerprint density at radius 3 is 2.54 bits per heavy atom. The number of benzene rings is 2. The predicted molar refractivity (Wildman–Crippen MR) is 96.0 cm³/mol. The Morgan fingerprint density at radius 2 is 1.85 bits per heavy atom. The van der Waals surface area contributed by atoms with E-state index in [2.05, 4.69) is 21.2 Å². The summed E-state index contributed by atoms with van der Waals surface area (Å²) < 4.78 is 54.5. The lowest BCUT2D eigenvalue weighted by molar-refractivity contribution is -0.119. The third kappa shape index (κ3) is 3.79. The molecule has 1 heterocycles. The molecule has 1 aliphatic rings. The van der Waals surface area contributed by atoms with Crippen LogP contribution < -0.4 is 5.32 Å². The zero-order chi connectivity index (χ0) is 18.9. The molecule has 0 saturated carbocycles. The standard InChI is InChI=1S/C17H15BrF2N2O3S/c18-11-3-6-13(7-4-11)26(24,25)22-9-1-2-16(22)17(23)21-15-10-12(19)5-8-14(15)20/h3-8,10,16H,1-2,9H2,(H,21,23)/t16-/m0/s1. The molecule has 1 N–H and O–H groups in total. The van der Waals surface area contributed by atoms with E-state index in [1.165, 1.54) is 12.1 Å². The van der Waals surface area contributed by atoms with E-state index < -0.39 is 33.6 Å². The Hall–Kier alpha value is -1.84. The van der Waals surface area contributed by atoms with Crippen LogP contribution in [-0.4, -0.2) is 31.2 Å². The molecule has 0 radical (unpaired) electrons. The lowest BCUT2D eigenvalue weighted by Gasteiger charge is -2.23. The normalized spacial score (nSPS) is 18.0. The molecule has 5 nitrogen and oxygen atoms in total. The zero-order valence-electron chi connectivity index (χ0n) is 13.5. The number of sulfonamides is 1. The van der Waals surface area contributed by atoms with Crippen LogP contribution in [-0.2, 0) is 14.8 Å². The van der Waals surface area contributed by atoms with Crippen molar-refractivity contribution in [2.45, 2.75) is 23.8 Å². The Morgan fingerprint density at radius 1 is 1.15 bits per heavy atom. The fourth-order valence-electron chi connectivity index (χ4n) is 2.84. The van der Waals surface area contributed by atoms with E-state index in [9.17, 15) is 22.0 Å². The Kier molecular flexibility index (Phi) is 5.40. The zero-order valence-corrected chi connectivity index (χ0v) is 15.9. The molecular formula is C17H15BrF2N2O3S. The Labute approximate surface area is 158 Å². The second kappa shape index (κ2) is 7.42. The molecule has 2 aromatic rings. The third-order valence-electron chi connectivity index (χ3n) is 4.11. The minimum Gasteiger partial charge on any atom is -0.322 e. The van der Waals surface area contributed by atoms with Crippen LogP contribution in [0.15, 0.2) is 51.8 Å². The van der Waals surface area contributed by atoms with Crippen LogP contribution >= 0.6 is 15.9 Å². The van der Waals surface area contributed by atoms with Gasteiger partial charge in [-0.3, -0.25) is 4.79 Å². The summed E-state index contributed by atoms with van der Waals surface area (Å²) >= 11 is 3.24. The van der Waals surface area contributed by atoms with Crippen molar-refractivity contribution in [2.24, 2.45) is 0 Å². The average Bonchev–Trinajstić information content (AvgIpc) is 3.09. The van der Waals surface area contributed by atoms with Crippen LogP contribution in [0.4, 0.5) is 14.5 Å². The number of amides is 1. The second-order valence-corrected chi connectivity index (χ2v) is 8.65. The topological polar surface area (TPSA) is 66.5 Å². The number of rotatable bonds is 4. The molecule has 1 fully saturated rings. The number of halogens is 3. The van der Waals surface area contributed by atoms with E-state index in [1.54, 1.807) is 12.1 Å². The van der Waals surface area contributed by atoms with Crippen molar-refractivity contribution in [3.8, 4) is 0 Å². The average molecular weight is 445 g/mol. The summed E-state index contributed by atoms with van der Waals surface area (Å²) in [6, 6.07) is 7.79. The molecule has 26 heavy (non-hydrogen) atoms. The summed E-state index contributed by atoms with van der Waals surface area (Å²) in [6.45, 7) is 0.183. The van der Waals surface area contributed by atoms with Gasteiger partial charge in [0.2, 0.25) is 15.9 Å². The van der Waals surface area contributed by atoms with Crippen molar-refractivity contribution in [1.29, 1.82) is 0 Å². The van der Waals surface area contributed by atoms with Crippen molar-refractivity contribution in [2.75, 3.05) is 11.9 Å². The predicted octanol–water partition coefficient (Wildman–Crippen LogP) is 3.52. The van der Waals surface area contributed by atoms with E-state index >= 15 is 0 Å². The summed E-state index contributed by atoms with van der Waals surface area (Å²) in [5, 5.41) is 2.29. The smallest absolute Gasteiger partial charge is 0.243 e. The molecule has 1 amide bonds. The van der Waals surface area contributed by atoms with Crippen molar-refractivity contribution in [1.82, 2.24) is 4.31 Å². The molecule has 1 saturated heterocycles. The second-order valence-electron chi connectivity index (χ2n) is 5.84. The molecule has 0 aromatic heterocycles. The minimum absolute atomic E-state index is 0.0670. The maximum atomic E-state index is 13.7. The molecule has 1 atom stereocenters. The molecule has 0 bridgehead atoms. The lowest BCUT2D eigenvalue weighted by Crippen LogP contribution is -2.43. The van der Waals surface area contributed by atoms with Crippen LogP contribution in [0.5, 0.6) is 0 Å². The van der Waals surface area contributed by atoms with E-state index in [-0.39, 0.29) is 17.1 Å². The van der Waals surface area contributed by atoms with Crippen LogP contribution in [0.3, 0.4) is 0 Å². The molecule has 9 heteroatoms. The van der Waals surface area contributed by atoms with Crippen molar-refractivity contribution < 1.29 is 22.0 Å². The van der Waals surface area contributed by atoms with E-state index in [0.717, 1.165) is 27.0 Å². The quantitative estimate of drug-likeness (QED) is 0.784. The number of hydrogen-bond acceptors (Lipinski definition) is 3. The Bertz CT molecular complexity index is 936. The van der Waals surface area contributed by atoms with E-state index in [0.29, 0.717) is 12.8 Å². The first-order chi connectivity index (χ1) is 12.3. The maximum Gasteiger partial charge on any atom is 0.243 e. The SMILES string of the molecule is O=C(Nc1cc(F)ccc1F)[C@@H]1CCCN1S(=O)(=O)c1ccc(Br)cc1. The molecule has 1 aliphatic heterocycles. The van der Waals surface area contributed by atoms with Gasteiger partial charge < -0.3 is 5.32 Å². The van der Waals surface area contributed by atoms with Gasteiger partial charge >= 0.3 is 0 Å². The molecule has 3 rings (SSSR count). The van der Waals surface area contributed by atoms with E-state index in [4.69, 9.17) is 0 Å². The summed E-state index contributed by atoms with van der Waals surface area (Å²) in [5.74, 6) is -2.18. The molecule has 138 valence electrons. The lowest BCUT2D eigenvalue weighted by atomic mass is 10.2. The van der Waals surface area contributed by atoms with Gasteiger partial charge in [0.25, 0.3) is 0 Å². The molecule has 0 aliphatic carbocycles. The first kappa shape index (κ1) is 18.9. The van der Waals surface area contributed by atoms with Crippen molar-refractivity contribution >= 4 is 37.5 Å². The van der Waals surface area contributed by atoms with Crippen molar-refractivity contribution in [3.63, 3.8) is 0 Å². The van der Waals surface area contributed by atoms with Crippen LogP contribution in [0.25, 0.3) is 0 Å². The number of nitrogens with zero attached hydrogens (tertiary/aromatic N) is 1. The van der Waals surface area contributed by atoms with Crippen LogP contribution in [0.2, 0.25) is 0 Å². The number of carbonyl (C=O) groups is 1. The summed E-state index contributed by atoms with van der Waals surface area (Å²) in [5.41, 5.74) is -0.317. The summed E-state index contributed by atoms with van der Waals surface area (Å²) in [6.07, 6.45) is 0.804. The van der Waals surface area contributed by atoms with Gasteiger partial charge in [-0.1, -0.05) is 15.9 Å². The number of carbonyl (C=O) groups excluding carboxylic acids is 1. The van der Waals surface area contributed by atoms with Crippen molar-refractivity contribution in [3.05, 3.63) is 58.6 Å². The highest BCUT2D eigenvalue weighted by Crippen LogP contribution is 2.28. The van der Waals surface area contributed by atoms with Gasteiger partial charge in [0.15, 0.2) is 0 Å². The molecular weight excluding hydrogens is 430 g/mol. The first-order valence-corrected chi connectivity index (χ1v) is 10.1. The third-order valence-corrected chi connectivity index (χ3v) is 6.56. The van der Waals surface area contributed by atoms with E-state index in [1.807, 2.05) is 0 Å². The number of anilines is 1. The highest BCUT2D eigenvalue weighted by Gasteiger charge is 2.39. The highest BCUT2D eigenvalue weighted by atomic mass is 79.9. The van der Waals surface area contributed by atoms with Gasteiger partial charge in [-0.05, 0) is 49.2 Å². The fraction of sp³-hybridized carbons (Fsp3) is 0.235. The molecule has 0 spiro atoms. The highest BCUT2D eigenvalue weighted by molar-refractivity contribution is 9.10. The van der Waals surface area contributed by atoms with Gasteiger partial charge in [0.05, 0.1) is 10.6 Å². The van der Waals surface area contributed by atoms with Crippen LogP contribution in [0.1, 0.15) is 12.8 Å². The van der Waals surface area contributed by atoms with Gasteiger partial charge in [-0.25, -0.2) is 17.2 Å². The largest absolute Gasteiger partial charge is 0.322 e. The van der Waals surface area contributed by atoms with Gasteiger partial charge in [0.1, 0.15) is 17.7 Å². The summed E-state index contributed by atoms with van der Waals surface area (Å²) in [4.78, 5) is 12.6. The van der Waals surface area contributed by atoms with Gasteiger partial charge in [-0.15, -0.1) is 0 Å².